The Morgan fingerprint density at radius 1 is 1.28 bits per heavy atom. The van der Waals surface area contributed by atoms with Crippen LogP contribution in [0, 0.1) is 18.8 Å². The fourth-order valence-electron chi connectivity index (χ4n) is 3.58. The Morgan fingerprint density at radius 2 is 2.07 bits per heavy atom. The predicted molar refractivity (Wildman–Crippen MR) is 103 cm³/mol. The SMILES string of the molecule is CCOC(=O)[C@@H]1C[C@@H]1CN(Cc1ccc2c(c1)OCO2)C(=O)c1cc(C)n(C)n1. The number of nitrogens with zero attached hydrogens (tertiary/aromatic N) is 3. The van der Waals surface area contributed by atoms with Crippen molar-refractivity contribution in [2.24, 2.45) is 18.9 Å². The maximum Gasteiger partial charge on any atom is 0.309 e. The van der Waals surface area contributed by atoms with Crippen LogP contribution < -0.4 is 9.47 Å². The van der Waals surface area contributed by atoms with Gasteiger partial charge in [-0.1, -0.05) is 6.07 Å². The number of esters is 1. The van der Waals surface area contributed by atoms with E-state index in [4.69, 9.17) is 14.2 Å². The van der Waals surface area contributed by atoms with Crippen molar-refractivity contribution < 1.29 is 23.8 Å². The summed E-state index contributed by atoms with van der Waals surface area (Å²) in [6.07, 6.45) is 0.741. The minimum absolute atomic E-state index is 0.108. The number of ether oxygens (including phenoxy) is 3. The smallest absolute Gasteiger partial charge is 0.309 e. The number of amides is 1. The molecule has 2 heterocycles. The van der Waals surface area contributed by atoms with Crippen LogP contribution in [0.4, 0.5) is 0 Å². The van der Waals surface area contributed by atoms with Crippen molar-refractivity contribution in [3.63, 3.8) is 0 Å². The molecule has 1 saturated carbocycles. The van der Waals surface area contributed by atoms with E-state index in [1.165, 1.54) is 0 Å². The first-order chi connectivity index (χ1) is 14.0. The second-order valence-electron chi connectivity index (χ2n) is 7.52. The standard InChI is InChI=1S/C21H25N3O5/c1-4-27-21(26)16-9-15(16)11-24(20(25)17-7-13(2)23(3)22-17)10-14-5-6-18-19(8-14)29-12-28-18/h5-8,15-16H,4,9-12H2,1-3H3/t15-,16-/m1/s1. The summed E-state index contributed by atoms with van der Waals surface area (Å²) in [5.41, 5.74) is 2.25. The number of aromatic nitrogens is 2. The Balaban J connectivity index is 1.52. The van der Waals surface area contributed by atoms with Gasteiger partial charge in [0.25, 0.3) is 5.91 Å². The molecular formula is C21H25N3O5. The summed E-state index contributed by atoms with van der Waals surface area (Å²) in [7, 11) is 1.81. The van der Waals surface area contributed by atoms with E-state index in [0.717, 1.165) is 17.7 Å². The highest BCUT2D eigenvalue weighted by Crippen LogP contribution is 2.41. The lowest BCUT2D eigenvalue weighted by molar-refractivity contribution is -0.145. The number of rotatable bonds is 7. The quantitative estimate of drug-likeness (QED) is 0.665. The van der Waals surface area contributed by atoms with Gasteiger partial charge < -0.3 is 19.1 Å². The molecule has 1 fully saturated rings. The maximum atomic E-state index is 13.2. The molecule has 8 nitrogen and oxygen atoms in total. The monoisotopic (exact) mass is 399 g/mol. The molecule has 2 aliphatic rings. The lowest BCUT2D eigenvalue weighted by Crippen LogP contribution is -2.33. The predicted octanol–water partition coefficient (Wildman–Crippen LogP) is 2.30. The van der Waals surface area contributed by atoms with Gasteiger partial charge in [0.1, 0.15) is 0 Å². The molecule has 0 N–H and O–H groups in total. The molecule has 1 aliphatic carbocycles. The average molecular weight is 399 g/mol. The van der Waals surface area contributed by atoms with Gasteiger partial charge in [-0.15, -0.1) is 0 Å². The molecule has 1 amide bonds. The van der Waals surface area contributed by atoms with Crippen molar-refractivity contribution >= 4 is 11.9 Å². The molecule has 154 valence electrons. The summed E-state index contributed by atoms with van der Waals surface area (Å²) in [5.74, 6) is 1.03. The van der Waals surface area contributed by atoms with Crippen LogP contribution >= 0.6 is 0 Å². The number of hydrogen-bond acceptors (Lipinski definition) is 6. The van der Waals surface area contributed by atoms with E-state index in [1.807, 2.05) is 32.2 Å². The van der Waals surface area contributed by atoms with Gasteiger partial charge in [-0.2, -0.15) is 5.10 Å². The minimum Gasteiger partial charge on any atom is -0.466 e. The molecule has 1 aliphatic heterocycles. The summed E-state index contributed by atoms with van der Waals surface area (Å²) in [6, 6.07) is 7.45. The molecule has 1 aromatic carbocycles. The minimum atomic E-state index is -0.179. The Kier molecular flexibility index (Phi) is 5.17. The molecular weight excluding hydrogens is 374 g/mol. The van der Waals surface area contributed by atoms with E-state index in [2.05, 4.69) is 5.10 Å². The van der Waals surface area contributed by atoms with Crippen LogP contribution in [0.15, 0.2) is 24.3 Å². The number of hydrogen-bond donors (Lipinski definition) is 0. The van der Waals surface area contributed by atoms with E-state index in [-0.39, 0.29) is 30.5 Å². The van der Waals surface area contributed by atoms with Crippen LogP contribution in [-0.2, 0) is 23.1 Å². The van der Waals surface area contributed by atoms with Crippen LogP contribution in [-0.4, -0.2) is 46.5 Å². The highest BCUT2D eigenvalue weighted by Gasteiger charge is 2.45. The van der Waals surface area contributed by atoms with Gasteiger partial charge in [0.2, 0.25) is 6.79 Å². The van der Waals surface area contributed by atoms with Crippen molar-refractivity contribution in [2.75, 3.05) is 19.9 Å². The van der Waals surface area contributed by atoms with Crippen LogP contribution in [0.5, 0.6) is 11.5 Å². The second kappa shape index (κ2) is 7.77. The van der Waals surface area contributed by atoms with Gasteiger partial charge in [0.15, 0.2) is 17.2 Å². The first-order valence-corrected chi connectivity index (χ1v) is 9.81. The van der Waals surface area contributed by atoms with Gasteiger partial charge >= 0.3 is 5.97 Å². The van der Waals surface area contributed by atoms with Crippen LogP contribution in [0.1, 0.15) is 35.1 Å². The molecule has 0 spiro atoms. The van der Waals surface area contributed by atoms with E-state index < -0.39 is 0 Å². The summed E-state index contributed by atoms with van der Waals surface area (Å²) in [6.45, 7) is 5.16. The zero-order valence-corrected chi connectivity index (χ0v) is 16.9. The Morgan fingerprint density at radius 3 is 2.79 bits per heavy atom. The number of benzene rings is 1. The summed E-state index contributed by atoms with van der Waals surface area (Å²) in [5, 5.41) is 4.33. The van der Waals surface area contributed by atoms with Crippen molar-refractivity contribution in [1.29, 1.82) is 0 Å². The Hall–Kier alpha value is -3.03. The highest BCUT2D eigenvalue weighted by atomic mass is 16.7. The van der Waals surface area contributed by atoms with E-state index in [9.17, 15) is 9.59 Å². The fourth-order valence-corrected chi connectivity index (χ4v) is 3.58. The molecule has 0 bridgehead atoms. The maximum absolute atomic E-state index is 13.2. The molecule has 1 aromatic heterocycles. The van der Waals surface area contributed by atoms with E-state index >= 15 is 0 Å². The lowest BCUT2D eigenvalue weighted by Gasteiger charge is -2.22. The van der Waals surface area contributed by atoms with Crippen LogP contribution in [0.25, 0.3) is 0 Å². The number of fused-ring (bicyclic) bond motifs is 1. The normalized spacial score (nSPS) is 19.1. The fraction of sp³-hybridized carbons (Fsp3) is 0.476. The molecule has 4 rings (SSSR count). The van der Waals surface area contributed by atoms with Gasteiger partial charge in [-0.05, 0) is 49.9 Å². The Bertz CT molecular complexity index is 919. The summed E-state index contributed by atoms with van der Waals surface area (Å²) < 4.78 is 17.6. The van der Waals surface area contributed by atoms with Gasteiger partial charge in [0, 0.05) is 25.8 Å². The molecule has 0 saturated heterocycles. The third-order valence-corrected chi connectivity index (χ3v) is 5.40. The summed E-state index contributed by atoms with van der Waals surface area (Å²) in [4.78, 5) is 26.9. The van der Waals surface area contributed by atoms with Gasteiger partial charge in [0.05, 0.1) is 12.5 Å². The number of carbonyl (C=O) groups is 2. The van der Waals surface area contributed by atoms with Crippen LogP contribution in [0.3, 0.4) is 0 Å². The average Bonchev–Trinajstić information content (AvgIpc) is 3.16. The molecule has 8 heteroatoms. The lowest BCUT2D eigenvalue weighted by atomic mass is 10.1. The zero-order chi connectivity index (χ0) is 20.5. The van der Waals surface area contributed by atoms with Crippen molar-refractivity contribution in [1.82, 2.24) is 14.7 Å². The topological polar surface area (TPSA) is 82.9 Å². The van der Waals surface area contributed by atoms with Crippen molar-refractivity contribution in [3.8, 4) is 11.5 Å². The van der Waals surface area contributed by atoms with E-state index in [1.54, 1.807) is 22.6 Å². The van der Waals surface area contributed by atoms with Crippen molar-refractivity contribution in [2.45, 2.75) is 26.8 Å². The number of carbonyl (C=O) groups excluding carboxylic acids is 2. The summed E-state index contributed by atoms with van der Waals surface area (Å²) >= 11 is 0. The highest BCUT2D eigenvalue weighted by molar-refractivity contribution is 5.92. The van der Waals surface area contributed by atoms with Gasteiger partial charge in [-0.3, -0.25) is 14.3 Å². The molecule has 0 unspecified atom stereocenters. The zero-order valence-electron chi connectivity index (χ0n) is 16.9. The third-order valence-electron chi connectivity index (χ3n) is 5.40. The van der Waals surface area contributed by atoms with Gasteiger partial charge in [-0.25, -0.2) is 0 Å². The third kappa shape index (κ3) is 4.06. The number of aryl methyl sites for hydroxylation is 2. The first kappa shape index (κ1) is 19.3. The Labute approximate surface area is 169 Å². The van der Waals surface area contributed by atoms with Crippen molar-refractivity contribution in [3.05, 3.63) is 41.2 Å². The van der Waals surface area contributed by atoms with Crippen LogP contribution in [0.2, 0.25) is 0 Å². The molecule has 0 radical (unpaired) electrons. The van der Waals surface area contributed by atoms with E-state index in [0.29, 0.717) is 36.9 Å². The first-order valence-electron chi connectivity index (χ1n) is 9.81. The second-order valence-corrected chi connectivity index (χ2v) is 7.52. The molecule has 2 aromatic rings. The largest absolute Gasteiger partial charge is 0.466 e. The molecule has 2 atom stereocenters. The molecule has 29 heavy (non-hydrogen) atoms.